The number of carbonyl (C=O) groups excluding carboxylic acids is 2. The van der Waals surface area contributed by atoms with Crippen molar-refractivity contribution in [2.75, 3.05) is 5.32 Å². The molecule has 0 atom stereocenters. The van der Waals surface area contributed by atoms with Crippen molar-refractivity contribution in [1.29, 1.82) is 0 Å². The Bertz CT molecular complexity index is 949. The summed E-state index contributed by atoms with van der Waals surface area (Å²) < 4.78 is 0. The molecule has 1 aromatic heterocycles. The van der Waals surface area contributed by atoms with Crippen molar-refractivity contribution in [2.24, 2.45) is 0 Å². The third-order valence-electron chi connectivity index (χ3n) is 4.10. The summed E-state index contributed by atoms with van der Waals surface area (Å²) in [6, 6.07) is 14.8. The number of amides is 2. The Kier molecular flexibility index (Phi) is 6.49. The van der Waals surface area contributed by atoms with Crippen LogP contribution in [-0.4, -0.2) is 22.0 Å². The first-order valence-corrected chi connectivity index (χ1v) is 9.94. The van der Waals surface area contributed by atoms with Gasteiger partial charge >= 0.3 is 0 Å². The first kappa shape index (κ1) is 19.7. The Morgan fingerprint density at radius 1 is 0.964 bits per heavy atom. The minimum absolute atomic E-state index is 0.160. The van der Waals surface area contributed by atoms with Crippen LogP contribution in [0.1, 0.15) is 49.6 Å². The maximum absolute atomic E-state index is 12.3. The smallest absolute Gasteiger partial charge is 0.286 e. The number of nitrogens with zero attached hydrogens (tertiary/aromatic N) is 2. The molecule has 144 valence electrons. The average Bonchev–Trinajstić information content (AvgIpc) is 3.17. The zero-order valence-corrected chi connectivity index (χ0v) is 16.7. The first-order chi connectivity index (χ1) is 13.5. The summed E-state index contributed by atoms with van der Waals surface area (Å²) in [5.41, 5.74) is 3.36. The number of aryl methyl sites for hydroxylation is 2. The van der Waals surface area contributed by atoms with Crippen molar-refractivity contribution >= 4 is 28.8 Å². The molecule has 0 aliphatic heterocycles. The van der Waals surface area contributed by atoms with Crippen molar-refractivity contribution in [1.82, 2.24) is 15.5 Å². The van der Waals surface area contributed by atoms with E-state index in [4.69, 9.17) is 0 Å². The van der Waals surface area contributed by atoms with Gasteiger partial charge in [-0.15, -0.1) is 10.2 Å². The van der Waals surface area contributed by atoms with E-state index in [1.807, 2.05) is 31.2 Å². The maximum Gasteiger partial charge on any atom is 0.286 e. The Morgan fingerprint density at radius 2 is 1.68 bits per heavy atom. The predicted molar refractivity (Wildman–Crippen MR) is 111 cm³/mol. The van der Waals surface area contributed by atoms with E-state index in [0.717, 1.165) is 23.4 Å². The molecule has 0 spiro atoms. The van der Waals surface area contributed by atoms with Gasteiger partial charge in [-0.1, -0.05) is 48.1 Å². The van der Waals surface area contributed by atoms with Gasteiger partial charge in [0.15, 0.2) is 0 Å². The monoisotopic (exact) mass is 394 g/mol. The van der Waals surface area contributed by atoms with Crippen LogP contribution in [0.4, 0.5) is 5.69 Å². The SMILES string of the molecule is CCCc1nnc(C(=O)Nc2ccc(C(=O)NCc3ccc(C)cc3)cc2)s1. The van der Waals surface area contributed by atoms with Crippen LogP contribution < -0.4 is 10.6 Å². The number of anilines is 1. The summed E-state index contributed by atoms with van der Waals surface area (Å²) in [6.07, 6.45) is 1.78. The van der Waals surface area contributed by atoms with Crippen LogP contribution in [0.15, 0.2) is 48.5 Å². The molecule has 1 heterocycles. The second-order valence-corrected chi connectivity index (χ2v) is 7.51. The van der Waals surface area contributed by atoms with Gasteiger partial charge in [-0.3, -0.25) is 9.59 Å². The van der Waals surface area contributed by atoms with E-state index >= 15 is 0 Å². The molecule has 0 fully saturated rings. The summed E-state index contributed by atoms with van der Waals surface area (Å²) in [7, 11) is 0. The van der Waals surface area contributed by atoms with Gasteiger partial charge in [0.2, 0.25) is 5.01 Å². The van der Waals surface area contributed by atoms with Crippen molar-refractivity contribution in [3.63, 3.8) is 0 Å². The highest BCUT2D eigenvalue weighted by atomic mass is 32.1. The normalized spacial score (nSPS) is 10.5. The predicted octanol–water partition coefficient (Wildman–Crippen LogP) is 3.98. The van der Waals surface area contributed by atoms with Gasteiger partial charge in [0.1, 0.15) is 5.01 Å². The van der Waals surface area contributed by atoms with Gasteiger partial charge in [0, 0.05) is 24.2 Å². The summed E-state index contributed by atoms with van der Waals surface area (Å²) >= 11 is 1.30. The lowest BCUT2D eigenvalue weighted by molar-refractivity contribution is 0.0950. The Labute approximate surface area is 168 Å². The molecular weight excluding hydrogens is 372 g/mol. The molecule has 3 aromatic rings. The lowest BCUT2D eigenvalue weighted by Gasteiger charge is -2.07. The molecule has 0 unspecified atom stereocenters. The molecule has 28 heavy (non-hydrogen) atoms. The standard InChI is InChI=1S/C21H22N4O2S/c1-3-4-18-24-25-21(28-18)20(27)23-17-11-9-16(10-12-17)19(26)22-13-15-7-5-14(2)6-8-15/h5-12H,3-4,13H2,1-2H3,(H,22,26)(H,23,27). The van der Waals surface area contributed by atoms with Gasteiger partial charge in [-0.2, -0.15) is 0 Å². The second kappa shape index (κ2) is 9.23. The fourth-order valence-corrected chi connectivity index (χ4v) is 3.38. The van der Waals surface area contributed by atoms with Crippen molar-refractivity contribution in [2.45, 2.75) is 33.2 Å². The molecule has 2 N–H and O–H groups in total. The molecule has 2 aromatic carbocycles. The van der Waals surface area contributed by atoms with Crippen molar-refractivity contribution in [3.05, 3.63) is 75.2 Å². The average molecular weight is 395 g/mol. The van der Waals surface area contributed by atoms with E-state index in [-0.39, 0.29) is 11.8 Å². The second-order valence-electron chi connectivity index (χ2n) is 6.45. The van der Waals surface area contributed by atoms with Crippen LogP contribution in [0.2, 0.25) is 0 Å². The Balaban J connectivity index is 1.55. The van der Waals surface area contributed by atoms with E-state index in [2.05, 4.69) is 27.8 Å². The molecule has 2 amide bonds. The zero-order chi connectivity index (χ0) is 19.9. The van der Waals surface area contributed by atoms with Gasteiger partial charge in [0.05, 0.1) is 0 Å². The zero-order valence-electron chi connectivity index (χ0n) is 15.9. The third-order valence-corrected chi connectivity index (χ3v) is 5.09. The fourth-order valence-electron chi connectivity index (χ4n) is 2.54. The van der Waals surface area contributed by atoms with E-state index in [1.165, 1.54) is 16.9 Å². The van der Waals surface area contributed by atoms with Crippen LogP contribution in [0.5, 0.6) is 0 Å². The lowest BCUT2D eigenvalue weighted by atomic mass is 10.1. The molecule has 3 rings (SSSR count). The minimum Gasteiger partial charge on any atom is -0.348 e. The van der Waals surface area contributed by atoms with E-state index in [0.29, 0.717) is 22.8 Å². The number of carbonyl (C=O) groups is 2. The highest BCUT2D eigenvalue weighted by molar-refractivity contribution is 7.13. The molecule has 0 aliphatic carbocycles. The molecule has 0 bridgehead atoms. The lowest BCUT2D eigenvalue weighted by Crippen LogP contribution is -2.22. The summed E-state index contributed by atoms with van der Waals surface area (Å²) in [4.78, 5) is 24.5. The van der Waals surface area contributed by atoms with Gasteiger partial charge in [-0.05, 0) is 43.2 Å². The molecule has 7 heteroatoms. The summed E-state index contributed by atoms with van der Waals surface area (Å²) in [5.74, 6) is -0.455. The third kappa shape index (κ3) is 5.23. The van der Waals surface area contributed by atoms with E-state index < -0.39 is 0 Å². The van der Waals surface area contributed by atoms with E-state index in [9.17, 15) is 9.59 Å². The van der Waals surface area contributed by atoms with Crippen molar-refractivity contribution < 1.29 is 9.59 Å². The molecule has 0 saturated carbocycles. The van der Waals surface area contributed by atoms with E-state index in [1.54, 1.807) is 24.3 Å². The molecular formula is C21H22N4O2S. The molecule has 0 radical (unpaired) electrons. The van der Waals surface area contributed by atoms with Crippen LogP contribution >= 0.6 is 11.3 Å². The quantitative estimate of drug-likeness (QED) is 0.635. The highest BCUT2D eigenvalue weighted by Crippen LogP contribution is 2.15. The number of rotatable bonds is 7. The Hall–Kier alpha value is -3.06. The molecule has 0 saturated heterocycles. The number of aromatic nitrogens is 2. The minimum atomic E-state index is -0.295. The fraction of sp³-hybridized carbons (Fsp3) is 0.238. The first-order valence-electron chi connectivity index (χ1n) is 9.12. The number of hydrogen-bond acceptors (Lipinski definition) is 5. The topological polar surface area (TPSA) is 84.0 Å². The summed E-state index contributed by atoms with van der Waals surface area (Å²) in [6.45, 7) is 4.55. The van der Waals surface area contributed by atoms with Crippen molar-refractivity contribution in [3.8, 4) is 0 Å². The molecule has 0 aliphatic rings. The van der Waals surface area contributed by atoms with Gasteiger partial charge in [0.25, 0.3) is 11.8 Å². The highest BCUT2D eigenvalue weighted by Gasteiger charge is 2.13. The van der Waals surface area contributed by atoms with Crippen LogP contribution in [0, 0.1) is 6.92 Å². The van der Waals surface area contributed by atoms with Crippen LogP contribution in [0.25, 0.3) is 0 Å². The Morgan fingerprint density at radius 3 is 2.36 bits per heavy atom. The van der Waals surface area contributed by atoms with Crippen LogP contribution in [-0.2, 0) is 13.0 Å². The number of benzene rings is 2. The van der Waals surface area contributed by atoms with Gasteiger partial charge in [-0.25, -0.2) is 0 Å². The van der Waals surface area contributed by atoms with Crippen LogP contribution in [0.3, 0.4) is 0 Å². The van der Waals surface area contributed by atoms with Gasteiger partial charge < -0.3 is 10.6 Å². The summed E-state index contributed by atoms with van der Waals surface area (Å²) in [5, 5.41) is 14.8. The largest absolute Gasteiger partial charge is 0.348 e. The molecule has 6 nitrogen and oxygen atoms in total. The number of hydrogen-bond donors (Lipinski definition) is 2. The number of nitrogens with one attached hydrogen (secondary N) is 2. The maximum atomic E-state index is 12.3.